The Morgan fingerprint density at radius 2 is 2.23 bits per heavy atom. The summed E-state index contributed by atoms with van der Waals surface area (Å²) in [5.41, 5.74) is 2.55. The Morgan fingerprint density at radius 1 is 1.39 bits per heavy atom. The van der Waals surface area contributed by atoms with Crippen molar-refractivity contribution >= 4 is 5.91 Å². The van der Waals surface area contributed by atoms with Crippen LogP contribution in [-0.2, 0) is 16.1 Å². The fraction of sp³-hybridized carbons (Fsp3) is 0.600. The van der Waals surface area contributed by atoms with Gasteiger partial charge >= 0.3 is 0 Å². The number of rotatable bonds is 5. The van der Waals surface area contributed by atoms with Gasteiger partial charge in [0.15, 0.2) is 0 Å². The van der Waals surface area contributed by atoms with Gasteiger partial charge in [0.1, 0.15) is 5.75 Å². The molecule has 1 spiro atoms. The van der Waals surface area contributed by atoms with Crippen LogP contribution in [0.1, 0.15) is 57.3 Å². The van der Waals surface area contributed by atoms with Crippen molar-refractivity contribution in [3.05, 3.63) is 47.8 Å². The third-order valence-corrected chi connectivity index (χ3v) is 8.38. The van der Waals surface area contributed by atoms with Crippen molar-refractivity contribution in [3.8, 4) is 5.75 Å². The first-order valence-corrected chi connectivity index (χ1v) is 11.4. The predicted octanol–water partition coefficient (Wildman–Crippen LogP) is 3.96. The predicted molar refractivity (Wildman–Crippen MR) is 118 cm³/mol. The number of methoxy groups -OCH3 is 1. The van der Waals surface area contributed by atoms with Crippen LogP contribution in [0.5, 0.6) is 5.75 Å². The lowest BCUT2D eigenvalue weighted by Crippen LogP contribution is -2.58. The minimum absolute atomic E-state index is 0.0494. The molecule has 2 bridgehead atoms. The maximum atomic E-state index is 12.1. The molecule has 5 rings (SSSR count). The van der Waals surface area contributed by atoms with E-state index in [1.54, 1.807) is 20.2 Å². The number of amides is 1. The van der Waals surface area contributed by atoms with Crippen LogP contribution < -0.4 is 10.1 Å². The van der Waals surface area contributed by atoms with Crippen LogP contribution in [0, 0.1) is 22.7 Å². The highest BCUT2D eigenvalue weighted by atomic mass is 16.5. The van der Waals surface area contributed by atoms with E-state index in [9.17, 15) is 4.79 Å². The standard InChI is InChI=1S/C25H33N3O3/c1-16(29)27-23-24(2,3)19-13-20-22(31-11-8-25(20,23)14-19)17-6-7-21(30-4)18(12-17)15-28-10-5-9-26-28/h5-7,9-10,12,19-20,22-23H,8,11,13-15H2,1-4H3,(H,27,29)/t19-,20-,22-,23+,25?/m1/s1. The molecule has 0 radical (unpaired) electrons. The smallest absolute Gasteiger partial charge is 0.217 e. The number of nitrogens with zero attached hydrogens (tertiary/aromatic N) is 2. The Balaban J connectivity index is 1.49. The molecule has 3 aliphatic rings. The van der Waals surface area contributed by atoms with E-state index in [-0.39, 0.29) is 28.9 Å². The van der Waals surface area contributed by atoms with Crippen LogP contribution in [0.3, 0.4) is 0 Å². The molecule has 2 heterocycles. The molecule has 1 unspecified atom stereocenters. The Kier molecular flexibility index (Phi) is 4.88. The van der Waals surface area contributed by atoms with Crippen LogP contribution in [0.25, 0.3) is 0 Å². The maximum Gasteiger partial charge on any atom is 0.217 e. The number of hydrogen-bond donors (Lipinski definition) is 1. The van der Waals surface area contributed by atoms with E-state index in [2.05, 4.69) is 42.5 Å². The van der Waals surface area contributed by atoms with Crippen LogP contribution in [0.15, 0.2) is 36.7 Å². The van der Waals surface area contributed by atoms with Gasteiger partial charge in [0.2, 0.25) is 5.91 Å². The number of carbonyl (C=O) groups excluding carboxylic acids is 1. The van der Waals surface area contributed by atoms with Crippen molar-refractivity contribution < 1.29 is 14.3 Å². The second-order valence-corrected chi connectivity index (χ2v) is 10.2. The van der Waals surface area contributed by atoms with Gasteiger partial charge in [-0.2, -0.15) is 5.10 Å². The van der Waals surface area contributed by atoms with E-state index >= 15 is 0 Å². The van der Waals surface area contributed by atoms with Crippen molar-refractivity contribution in [3.63, 3.8) is 0 Å². The summed E-state index contributed by atoms with van der Waals surface area (Å²) >= 11 is 0. The molecule has 166 valence electrons. The summed E-state index contributed by atoms with van der Waals surface area (Å²) in [5.74, 6) is 1.98. The van der Waals surface area contributed by atoms with Gasteiger partial charge in [0, 0.05) is 37.5 Å². The number of ether oxygens (including phenoxy) is 2. The summed E-state index contributed by atoms with van der Waals surface area (Å²) in [4.78, 5) is 12.1. The molecule has 1 aliphatic heterocycles. The van der Waals surface area contributed by atoms with E-state index in [1.165, 1.54) is 12.0 Å². The largest absolute Gasteiger partial charge is 0.496 e. The second-order valence-electron chi connectivity index (χ2n) is 10.2. The zero-order chi connectivity index (χ0) is 21.8. The van der Waals surface area contributed by atoms with Crippen molar-refractivity contribution in [1.82, 2.24) is 15.1 Å². The Hall–Kier alpha value is -2.34. The number of aromatic nitrogens is 2. The van der Waals surface area contributed by atoms with Crippen LogP contribution in [-0.4, -0.2) is 35.4 Å². The molecule has 1 aromatic heterocycles. The van der Waals surface area contributed by atoms with Gasteiger partial charge in [-0.15, -0.1) is 0 Å². The molecule has 1 amide bonds. The molecule has 31 heavy (non-hydrogen) atoms. The number of carbonyl (C=O) groups is 1. The molecule has 6 nitrogen and oxygen atoms in total. The average Bonchev–Trinajstić information content (AvgIpc) is 3.43. The number of hydrogen-bond acceptors (Lipinski definition) is 4. The molecule has 1 aromatic carbocycles. The molecule has 5 atom stereocenters. The Labute approximate surface area is 184 Å². The minimum atomic E-state index is 0.0494. The topological polar surface area (TPSA) is 65.4 Å². The fourth-order valence-electron chi connectivity index (χ4n) is 6.99. The van der Waals surface area contributed by atoms with Gasteiger partial charge in [-0.25, -0.2) is 0 Å². The summed E-state index contributed by atoms with van der Waals surface area (Å²) in [6.07, 6.45) is 7.18. The molecule has 2 saturated carbocycles. The monoisotopic (exact) mass is 423 g/mol. The van der Waals surface area contributed by atoms with Crippen LogP contribution in [0.2, 0.25) is 0 Å². The molecule has 2 aromatic rings. The lowest BCUT2D eigenvalue weighted by molar-refractivity contribution is -0.136. The SMILES string of the molecule is COc1ccc([C@H]2OCCC34C[C@@H](C[C@H]23)C(C)(C)[C@@H]4NC(C)=O)cc1Cn1cccn1. The molecule has 3 fully saturated rings. The van der Waals surface area contributed by atoms with Crippen LogP contribution >= 0.6 is 0 Å². The summed E-state index contributed by atoms with van der Waals surface area (Å²) < 4.78 is 14.0. The normalized spacial score (nSPS) is 33.2. The number of benzene rings is 1. The Bertz CT molecular complexity index is 970. The molecular weight excluding hydrogens is 390 g/mol. The molecule has 1 saturated heterocycles. The van der Waals surface area contributed by atoms with Gasteiger partial charge < -0.3 is 14.8 Å². The van der Waals surface area contributed by atoms with Crippen molar-refractivity contribution in [1.29, 1.82) is 0 Å². The van der Waals surface area contributed by atoms with E-state index in [0.29, 0.717) is 18.4 Å². The molecule has 2 aliphatic carbocycles. The van der Waals surface area contributed by atoms with E-state index in [4.69, 9.17) is 9.47 Å². The quantitative estimate of drug-likeness (QED) is 0.791. The van der Waals surface area contributed by atoms with Crippen molar-refractivity contribution in [2.75, 3.05) is 13.7 Å². The Morgan fingerprint density at radius 3 is 2.94 bits per heavy atom. The first-order valence-electron chi connectivity index (χ1n) is 11.4. The van der Waals surface area contributed by atoms with Gasteiger partial charge in [-0.05, 0) is 65.7 Å². The third-order valence-electron chi connectivity index (χ3n) is 8.38. The molecule has 1 N–H and O–H groups in total. The van der Waals surface area contributed by atoms with Gasteiger partial charge in [0.25, 0.3) is 0 Å². The molecular formula is C25H33N3O3. The highest BCUT2D eigenvalue weighted by molar-refractivity contribution is 5.73. The van der Waals surface area contributed by atoms with Gasteiger partial charge in [0.05, 0.1) is 19.8 Å². The third kappa shape index (κ3) is 3.18. The lowest BCUT2D eigenvalue weighted by atomic mass is 9.59. The summed E-state index contributed by atoms with van der Waals surface area (Å²) in [6, 6.07) is 8.58. The first-order chi connectivity index (χ1) is 14.8. The van der Waals surface area contributed by atoms with Gasteiger partial charge in [-0.1, -0.05) is 19.9 Å². The van der Waals surface area contributed by atoms with E-state index in [1.807, 2.05) is 16.9 Å². The van der Waals surface area contributed by atoms with Crippen molar-refractivity contribution in [2.45, 2.75) is 58.7 Å². The zero-order valence-electron chi connectivity index (χ0n) is 18.9. The summed E-state index contributed by atoms with van der Waals surface area (Å²) in [5, 5.41) is 7.71. The van der Waals surface area contributed by atoms with Gasteiger partial charge in [-0.3, -0.25) is 9.48 Å². The first kappa shape index (κ1) is 20.6. The fourth-order valence-corrected chi connectivity index (χ4v) is 6.99. The summed E-state index contributed by atoms with van der Waals surface area (Å²) in [7, 11) is 1.71. The number of nitrogens with one attached hydrogen (secondary N) is 1. The number of fused-ring (bicyclic) bond motifs is 1. The maximum absolute atomic E-state index is 12.1. The van der Waals surface area contributed by atoms with Crippen molar-refractivity contribution in [2.24, 2.45) is 22.7 Å². The average molecular weight is 424 g/mol. The zero-order valence-corrected chi connectivity index (χ0v) is 18.9. The second kappa shape index (κ2) is 7.37. The van der Waals surface area contributed by atoms with E-state index in [0.717, 1.165) is 30.8 Å². The highest BCUT2D eigenvalue weighted by Crippen LogP contribution is 2.70. The lowest BCUT2D eigenvalue weighted by Gasteiger charge is -2.53. The highest BCUT2D eigenvalue weighted by Gasteiger charge is 2.68. The minimum Gasteiger partial charge on any atom is -0.496 e. The van der Waals surface area contributed by atoms with Crippen LogP contribution in [0.4, 0.5) is 0 Å². The summed E-state index contributed by atoms with van der Waals surface area (Å²) in [6.45, 7) is 7.72. The van der Waals surface area contributed by atoms with E-state index < -0.39 is 0 Å². The molecule has 6 heteroatoms.